The highest BCUT2D eigenvalue weighted by molar-refractivity contribution is 5.95. The van der Waals surface area contributed by atoms with E-state index in [0.29, 0.717) is 17.9 Å². The Labute approximate surface area is 117 Å². The second kappa shape index (κ2) is 6.00. The Kier molecular flexibility index (Phi) is 4.34. The highest BCUT2D eigenvalue weighted by atomic mass is 16.4. The summed E-state index contributed by atoms with van der Waals surface area (Å²) < 4.78 is 0. The zero-order valence-corrected chi connectivity index (χ0v) is 11.3. The van der Waals surface area contributed by atoms with E-state index in [9.17, 15) is 9.59 Å². The van der Waals surface area contributed by atoms with Gasteiger partial charge in [0.05, 0.1) is 29.4 Å². The van der Waals surface area contributed by atoms with Gasteiger partial charge in [-0.1, -0.05) is 12.8 Å². The van der Waals surface area contributed by atoms with Crippen LogP contribution in [0.15, 0.2) is 18.3 Å². The van der Waals surface area contributed by atoms with Crippen LogP contribution in [0.4, 0.5) is 5.69 Å². The summed E-state index contributed by atoms with van der Waals surface area (Å²) in [5.41, 5.74) is 6.34. The number of carboxylic acid groups (broad SMARTS) is 1. The number of hydrogen-bond donors (Lipinski definition) is 3. The van der Waals surface area contributed by atoms with Crippen molar-refractivity contribution in [2.24, 2.45) is 11.1 Å². The molecule has 1 aliphatic rings. The molecule has 1 aromatic rings. The van der Waals surface area contributed by atoms with Gasteiger partial charge in [-0.05, 0) is 25.0 Å². The fraction of sp³-hybridized carbons (Fsp3) is 0.500. The molecule has 6 nitrogen and oxygen atoms in total. The summed E-state index contributed by atoms with van der Waals surface area (Å²) in [6.07, 6.45) is 5.05. The Morgan fingerprint density at radius 1 is 1.35 bits per heavy atom. The van der Waals surface area contributed by atoms with Crippen molar-refractivity contribution in [3.8, 4) is 0 Å². The number of hydrogen-bond acceptors (Lipinski definition) is 4. The molecule has 0 aliphatic heterocycles. The van der Waals surface area contributed by atoms with Gasteiger partial charge in [-0.2, -0.15) is 0 Å². The zero-order chi connectivity index (χ0) is 14.6. The van der Waals surface area contributed by atoms with Crippen LogP contribution >= 0.6 is 0 Å². The van der Waals surface area contributed by atoms with Crippen LogP contribution in [0.5, 0.6) is 0 Å². The highest BCUT2D eigenvalue weighted by Crippen LogP contribution is 2.38. The van der Waals surface area contributed by atoms with Crippen molar-refractivity contribution in [1.82, 2.24) is 4.98 Å². The average molecular weight is 277 g/mol. The quantitative estimate of drug-likeness (QED) is 0.749. The second-order valence-electron chi connectivity index (χ2n) is 5.25. The van der Waals surface area contributed by atoms with Gasteiger partial charge >= 0.3 is 5.97 Å². The van der Waals surface area contributed by atoms with Gasteiger partial charge in [-0.15, -0.1) is 0 Å². The molecule has 20 heavy (non-hydrogen) atoms. The van der Waals surface area contributed by atoms with Crippen molar-refractivity contribution in [1.29, 1.82) is 0 Å². The Morgan fingerprint density at radius 3 is 2.55 bits per heavy atom. The van der Waals surface area contributed by atoms with Crippen LogP contribution in [-0.4, -0.2) is 28.5 Å². The van der Waals surface area contributed by atoms with E-state index in [2.05, 4.69) is 10.3 Å². The molecule has 0 atom stereocenters. The predicted molar refractivity (Wildman–Crippen MR) is 74.2 cm³/mol. The number of aromatic nitrogens is 1. The van der Waals surface area contributed by atoms with Crippen molar-refractivity contribution >= 4 is 17.6 Å². The van der Waals surface area contributed by atoms with E-state index in [1.54, 1.807) is 12.1 Å². The molecule has 1 saturated carbocycles. The summed E-state index contributed by atoms with van der Waals surface area (Å²) in [5, 5.41) is 11.5. The smallest absolute Gasteiger partial charge is 0.309 e. The molecular weight excluding hydrogens is 258 g/mol. The zero-order valence-electron chi connectivity index (χ0n) is 11.3. The van der Waals surface area contributed by atoms with Crippen molar-refractivity contribution in [3.05, 3.63) is 24.0 Å². The first-order valence-electron chi connectivity index (χ1n) is 6.74. The Balaban J connectivity index is 2.02. The number of nitrogens with zero attached hydrogens (tertiary/aromatic N) is 1. The Hall–Kier alpha value is -1.95. The first kappa shape index (κ1) is 14.5. The van der Waals surface area contributed by atoms with Gasteiger partial charge in [-0.3, -0.25) is 14.6 Å². The largest absolute Gasteiger partial charge is 0.481 e. The maximum absolute atomic E-state index is 12.3. The number of anilines is 1. The van der Waals surface area contributed by atoms with E-state index in [0.717, 1.165) is 25.7 Å². The summed E-state index contributed by atoms with van der Waals surface area (Å²) >= 11 is 0. The van der Waals surface area contributed by atoms with Crippen molar-refractivity contribution in [3.63, 3.8) is 0 Å². The Morgan fingerprint density at radius 2 is 2.05 bits per heavy atom. The Bertz CT molecular complexity index is 493. The summed E-state index contributed by atoms with van der Waals surface area (Å²) in [6, 6.07) is 3.27. The van der Waals surface area contributed by atoms with E-state index in [4.69, 9.17) is 10.8 Å². The SMILES string of the molecule is NCC1(C(=O)Nc2ccc(CC(=O)O)nc2)CCCC1. The highest BCUT2D eigenvalue weighted by Gasteiger charge is 2.39. The van der Waals surface area contributed by atoms with Crippen LogP contribution in [0.3, 0.4) is 0 Å². The molecule has 0 saturated heterocycles. The van der Waals surface area contributed by atoms with Crippen LogP contribution < -0.4 is 11.1 Å². The first-order valence-corrected chi connectivity index (χ1v) is 6.74. The summed E-state index contributed by atoms with van der Waals surface area (Å²) in [7, 11) is 0. The van der Waals surface area contributed by atoms with Gasteiger partial charge in [0.15, 0.2) is 0 Å². The second-order valence-corrected chi connectivity index (χ2v) is 5.25. The molecule has 0 radical (unpaired) electrons. The number of pyridine rings is 1. The third kappa shape index (κ3) is 3.14. The predicted octanol–water partition coefficient (Wildman–Crippen LogP) is 1.17. The molecule has 1 aromatic heterocycles. The summed E-state index contributed by atoms with van der Waals surface area (Å²) in [4.78, 5) is 26.9. The average Bonchev–Trinajstić information content (AvgIpc) is 2.90. The van der Waals surface area contributed by atoms with Gasteiger partial charge in [0.1, 0.15) is 0 Å². The molecule has 1 heterocycles. The lowest BCUT2D eigenvalue weighted by atomic mass is 9.85. The minimum Gasteiger partial charge on any atom is -0.481 e. The van der Waals surface area contributed by atoms with E-state index in [1.807, 2.05) is 0 Å². The molecule has 1 fully saturated rings. The number of carbonyl (C=O) groups is 2. The topological polar surface area (TPSA) is 105 Å². The fourth-order valence-corrected chi connectivity index (χ4v) is 2.60. The van der Waals surface area contributed by atoms with Gasteiger partial charge in [0.25, 0.3) is 0 Å². The van der Waals surface area contributed by atoms with Gasteiger partial charge in [0, 0.05) is 6.54 Å². The number of aliphatic carboxylic acids is 1. The normalized spacial score (nSPS) is 16.9. The number of amides is 1. The molecule has 0 bridgehead atoms. The van der Waals surface area contributed by atoms with Crippen molar-refractivity contribution in [2.75, 3.05) is 11.9 Å². The summed E-state index contributed by atoms with van der Waals surface area (Å²) in [5.74, 6) is -0.993. The number of nitrogens with two attached hydrogens (primary N) is 1. The monoisotopic (exact) mass is 277 g/mol. The molecule has 108 valence electrons. The molecule has 2 rings (SSSR count). The lowest BCUT2D eigenvalue weighted by molar-refractivity contribution is -0.136. The number of carbonyl (C=O) groups excluding carboxylic acids is 1. The summed E-state index contributed by atoms with van der Waals surface area (Å²) in [6.45, 7) is 0.351. The van der Waals surface area contributed by atoms with Crippen LogP contribution in [0.25, 0.3) is 0 Å². The molecule has 1 aliphatic carbocycles. The maximum Gasteiger partial charge on any atom is 0.309 e. The maximum atomic E-state index is 12.3. The minimum atomic E-state index is -0.928. The van der Waals surface area contributed by atoms with Crippen LogP contribution in [-0.2, 0) is 16.0 Å². The lowest BCUT2D eigenvalue weighted by Gasteiger charge is -2.25. The fourth-order valence-electron chi connectivity index (χ4n) is 2.60. The molecule has 0 aromatic carbocycles. The standard InChI is InChI=1S/C14H19N3O3/c15-9-14(5-1-2-6-14)13(20)17-11-4-3-10(16-8-11)7-12(18)19/h3-4,8H,1-2,5-7,9,15H2,(H,17,20)(H,18,19). The molecule has 0 unspecified atom stereocenters. The first-order chi connectivity index (χ1) is 9.55. The molecule has 0 spiro atoms. The molecule has 4 N–H and O–H groups in total. The van der Waals surface area contributed by atoms with E-state index in [1.165, 1.54) is 6.20 Å². The number of rotatable bonds is 5. The van der Waals surface area contributed by atoms with E-state index < -0.39 is 11.4 Å². The third-order valence-electron chi connectivity index (χ3n) is 3.85. The molecule has 6 heteroatoms. The van der Waals surface area contributed by atoms with Crippen LogP contribution in [0.2, 0.25) is 0 Å². The van der Waals surface area contributed by atoms with Crippen LogP contribution in [0.1, 0.15) is 31.4 Å². The van der Waals surface area contributed by atoms with Gasteiger partial charge < -0.3 is 16.2 Å². The van der Waals surface area contributed by atoms with E-state index >= 15 is 0 Å². The minimum absolute atomic E-state index is 0.0646. The molecular formula is C14H19N3O3. The van der Waals surface area contributed by atoms with Crippen LogP contribution in [0, 0.1) is 5.41 Å². The van der Waals surface area contributed by atoms with Gasteiger partial charge in [-0.25, -0.2) is 0 Å². The van der Waals surface area contributed by atoms with Crippen molar-refractivity contribution in [2.45, 2.75) is 32.1 Å². The number of carboxylic acids is 1. The lowest BCUT2D eigenvalue weighted by Crippen LogP contribution is -2.40. The third-order valence-corrected chi connectivity index (χ3v) is 3.85. The molecule has 1 amide bonds. The van der Waals surface area contributed by atoms with Crippen molar-refractivity contribution < 1.29 is 14.7 Å². The van der Waals surface area contributed by atoms with E-state index in [-0.39, 0.29) is 12.3 Å². The van der Waals surface area contributed by atoms with Gasteiger partial charge in [0.2, 0.25) is 5.91 Å². The number of nitrogens with one attached hydrogen (secondary N) is 1.